The average Bonchev–Trinajstić information content (AvgIpc) is 2.09. The van der Waals surface area contributed by atoms with Crippen LogP contribution in [-0.4, -0.2) is 50.8 Å². The lowest BCUT2D eigenvalue weighted by Crippen LogP contribution is -2.27. The summed E-state index contributed by atoms with van der Waals surface area (Å²) in [6.45, 7) is 4.85. The van der Waals surface area contributed by atoms with E-state index < -0.39 is 9.84 Å². The molecule has 0 unspecified atom stereocenters. The first-order valence-electron chi connectivity index (χ1n) is 4.95. The van der Waals surface area contributed by atoms with Gasteiger partial charge in [0.25, 0.3) is 0 Å². The second-order valence-electron chi connectivity index (χ2n) is 3.46. The van der Waals surface area contributed by atoms with Gasteiger partial charge in [-0.1, -0.05) is 6.92 Å². The molecule has 0 aliphatic rings. The van der Waals surface area contributed by atoms with Crippen LogP contribution in [0.15, 0.2) is 0 Å². The standard InChI is InChI=1S/C9H20ClNO2S/c1-3-11(7-4-6-10)8-5-9-14(2,12)13/h3-9H2,1-2H3. The molecule has 0 aromatic heterocycles. The molecule has 0 saturated carbocycles. The van der Waals surface area contributed by atoms with Gasteiger partial charge in [-0.2, -0.15) is 0 Å². The first kappa shape index (κ1) is 14.2. The summed E-state index contributed by atoms with van der Waals surface area (Å²) >= 11 is 5.59. The Morgan fingerprint density at radius 3 is 2.21 bits per heavy atom. The van der Waals surface area contributed by atoms with Crippen molar-refractivity contribution in [3.05, 3.63) is 0 Å². The summed E-state index contributed by atoms with van der Waals surface area (Å²) < 4.78 is 21.8. The molecule has 0 aromatic carbocycles. The number of rotatable bonds is 8. The van der Waals surface area contributed by atoms with Crippen molar-refractivity contribution in [1.29, 1.82) is 0 Å². The van der Waals surface area contributed by atoms with Crippen LogP contribution in [0.4, 0.5) is 0 Å². The van der Waals surface area contributed by atoms with Crippen molar-refractivity contribution in [2.75, 3.05) is 37.5 Å². The summed E-state index contributed by atoms with van der Waals surface area (Å²) in [7, 11) is -2.80. The molecule has 14 heavy (non-hydrogen) atoms. The third kappa shape index (κ3) is 8.78. The molecule has 3 nitrogen and oxygen atoms in total. The minimum absolute atomic E-state index is 0.282. The van der Waals surface area contributed by atoms with Gasteiger partial charge in [-0.15, -0.1) is 11.6 Å². The third-order valence-corrected chi connectivity index (χ3v) is 3.34. The molecule has 5 heteroatoms. The zero-order chi connectivity index (χ0) is 11.0. The molecular formula is C9H20ClNO2S. The van der Waals surface area contributed by atoms with Crippen molar-refractivity contribution in [2.45, 2.75) is 19.8 Å². The van der Waals surface area contributed by atoms with Crippen LogP contribution in [0, 0.1) is 0 Å². The van der Waals surface area contributed by atoms with Gasteiger partial charge in [0, 0.05) is 12.1 Å². The fourth-order valence-electron chi connectivity index (χ4n) is 1.26. The fourth-order valence-corrected chi connectivity index (χ4v) is 2.03. The molecule has 0 aliphatic carbocycles. The molecule has 0 fully saturated rings. The average molecular weight is 242 g/mol. The Kier molecular flexibility index (Phi) is 7.59. The molecule has 0 amide bonds. The van der Waals surface area contributed by atoms with Gasteiger partial charge in [-0.05, 0) is 32.5 Å². The molecule has 0 rings (SSSR count). The van der Waals surface area contributed by atoms with Crippen molar-refractivity contribution in [2.24, 2.45) is 0 Å². The van der Waals surface area contributed by atoms with E-state index in [4.69, 9.17) is 11.6 Å². The van der Waals surface area contributed by atoms with Crippen LogP contribution < -0.4 is 0 Å². The molecule has 0 atom stereocenters. The summed E-state index contributed by atoms with van der Waals surface area (Å²) in [6, 6.07) is 0. The first-order valence-corrected chi connectivity index (χ1v) is 7.55. The molecule has 0 aliphatic heterocycles. The number of alkyl halides is 1. The second kappa shape index (κ2) is 7.49. The Bertz CT molecular complexity index is 229. The predicted molar refractivity (Wildman–Crippen MR) is 61.8 cm³/mol. The van der Waals surface area contributed by atoms with Crippen LogP contribution in [0.1, 0.15) is 19.8 Å². The highest BCUT2D eigenvalue weighted by molar-refractivity contribution is 7.90. The topological polar surface area (TPSA) is 37.4 Å². The number of halogens is 1. The fraction of sp³-hybridized carbons (Fsp3) is 1.00. The van der Waals surface area contributed by atoms with E-state index in [1.165, 1.54) is 6.26 Å². The Morgan fingerprint density at radius 2 is 1.79 bits per heavy atom. The maximum absolute atomic E-state index is 10.9. The molecule has 0 spiro atoms. The largest absolute Gasteiger partial charge is 0.304 e. The van der Waals surface area contributed by atoms with E-state index in [2.05, 4.69) is 11.8 Å². The van der Waals surface area contributed by atoms with Crippen molar-refractivity contribution in [3.8, 4) is 0 Å². The van der Waals surface area contributed by atoms with Gasteiger partial charge < -0.3 is 4.90 Å². The second-order valence-corrected chi connectivity index (χ2v) is 6.10. The van der Waals surface area contributed by atoms with E-state index >= 15 is 0 Å². The van der Waals surface area contributed by atoms with Crippen LogP contribution in [0.5, 0.6) is 0 Å². The first-order chi connectivity index (χ1) is 6.49. The van der Waals surface area contributed by atoms with E-state index in [1.807, 2.05) is 0 Å². The molecule has 0 saturated heterocycles. The van der Waals surface area contributed by atoms with Crippen LogP contribution >= 0.6 is 11.6 Å². The molecule has 0 radical (unpaired) electrons. The van der Waals surface area contributed by atoms with Gasteiger partial charge in [0.1, 0.15) is 9.84 Å². The summed E-state index contributed by atoms with van der Waals surface area (Å²) in [4.78, 5) is 2.23. The van der Waals surface area contributed by atoms with Crippen LogP contribution in [0.2, 0.25) is 0 Å². The van der Waals surface area contributed by atoms with E-state index in [9.17, 15) is 8.42 Å². The van der Waals surface area contributed by atoms with Crippen LogP contribution in [-0.2, 0) is 9.84 Å². The summed E-state index contributed by atoms with van der Waals surface area (Å²) in [6.07, 6.45) is 2.96. The van der Waals surface area contributed by atoms with Crippen LogP contribution in [0.25, 0.3) is 0 Å². The highest BCUT2D eigenvalue weighted by Gasteiger charge is 2.05. The number of hydrogen-bond acceptors (Lipinski definition) is 3. The van der Waals surface area contributed by atoms with Crippen molar-refractivity contribution < 1.29 is 8.42 Å². The molecule has 0 N–H and O–H groups in total. The monoisotopic (exact) mass is 241 g/mol. The van der Waals surface area contributed by atoms with Crippen molar-refractivity contribution in [3.63, 3.8) is 0 Å². The highest BCUT2D eigenvalue weighted by Crippen LogP contribution is 1.97. The maximum Gasteiger partial charge on any atom is 0.147 e. The van der Waals surface area contributed by atoms with E-state index in [1.54, 1.807) is 0 Å². The number of hydrogen-bond donors (Lipinski definition) is 0. The van der Waals surface area contributed by atoms with E-state index in [0.29, 0.717) is 5.88 Å². The molecule has 86 valence electrons. The van der Waals surface area contributed by atoms with Gasteiger partial charge in [-0.25, -0.2) is 8.42 Å². The molecule has 0 aromatic rings. The zero-order valence-electron chi connectivity index (χ0n) is 9.00. The lowest BCUT2D eigenvalue weighted by atomic mass is 10.3. The Balaban J connectivity index is 3.62. The van der Waals surface area contributed by atoms with Crippen molar-refractivity contribution in [1.82, 2.24) is 4.90 Å². The third-order valence-electron chi connectivity index (χ3n) is 2.04. The minimum Gasteiger partial charge on any atom is -0.304 e. The highest BCUT2D eigenvalue weighted by atomic mass is 35.5. The maximum atomic E-state index is 10.9. The minimum atomic E-state index is -2.80. The SMILES string of the molecule is CCN(CCCCl)CCCS(C)(=O)=O. The smallest absolute Gasteiger partial charge is 0.147 e. The van der Waals surface area contributed by atoms with Gasteiger partial charge in [0.2, 0.25) is 0 Å². The summed E-state index contributed by atoms with van der Waals surface area (Å²) in [5.74, 6) is 0.951. The van der Waals surface area contributed by atoms with E-state index in [0.717, 1.165) is 32.5 Å². The Hall–Kier alpha value is 0.200. The van der Waals surface area contributed by atoms with Gasteiger partial charge >= 0.3 is 0 Å². The van der Waals surface area contributed by atoms with E-state index in [-0.39, 0.29) is 5.75 Å². The van der Waals surface area contributed by atoms with Gasteiger partial charge in [-0.3, -0.25) is 0 Å². The lowest BCUT2D eigenvalue weighted by Gasteiger charge is -2.19. The Labute approximate surface area is 92.3 Å². The predicted octanol–water partition coefficient (Wildman–Crippen LogP) is 1.37. The quantitative estimate of drug-likeness (QED) is 0.603. The molecule has 0 bridgehead atoms. The van der Waals surface area contributed by atoms with Gasteiger partial charge in [0.05, 0.1) is 5.75 Å². The van der Waals surface area contributed by atoms with Gasteiger partial charge in [0.15, 0.2) is 0 Å². The number of sulfone groups is 1. The Morgan fingerprint density at radius 1 is 1.21 bits per heavy atom. The summed E-state index contributed by atoms with van der Waals surface area (Å²) in [5.41, 5.74) is 0. The molecular weight excluding hydrogens is 222 g/mol. The molecule has 0 heterocycles. The lowest BCUT2D eigenvalue weighted by molar-refractivity contribution is 0.290. The summed E-state index contributed by atoms with van der Waals surface area (Å²) in [5, 5.41) is 0. The van der Waals surface area contributed by atoms with Crippen molar-refractivity contribution >= 4 is 21.4 Å². The zero-order valence-corrected chi connectivity index (χ0v) is 10.6. The normalized spacial score (nSPS) is 12.3. The number of nitrogens with zero attached hydrogens (tertiary/aromatic N) is 1. The van der Waals surface area contributed by atoms with Crippen LogP contribution in [0.3, 0.4) is 0 Å².